The molecule has 0 saturated carbocycles. The lowest BCUT2D eigenvalue weighted by atomic mass is 10.1. The van der Waals surface area contributed by atoms with Gasteiger partial charge in [0.25, 0.3) is 0 Å². The zero-order valence-electron chi connectivity index (χ0n) is 21.3. The number of benzene rings is 2. The third-order valence-corrected chi connectivity index (χ3v) is 7.48. The molecule has 0 fully saturated rings. The molecular formula is C27H24ClN3O7S. The monoisotopic (exact) mass is 569 g/mol. The topological polar surface area (TPSA) is 132 Å². The molecule has 0 unspecified atom stereocenters. The lowest BCUT2D eigenvalue weighted by molar-refractivity contribution is -0.136. The first-order valence-corrected chi connectivity index (χ1v) is 13.0. The molecule has 2 amide bonds. The predicted octanol–water partition coefficient (Wildman–Crippen LogP) is 4.38. The highest BCUT2D eigenvalue weighted by atomic mass is 35.5. The van der Waals surface area contributed by atoms with Gasteiger partial charge in [-0.1, -0.05) is 23.7 Å². The normalized spacial score (nSPS) is 12.4. The third kappa shape index (κ3) is 6.10. The maximum atomic E-state index is 12.5. The minimum Gasteiger partial charge on any atom is -0.493 e. The average molecular weight is 570 g/mol. The van der Waals surface area contributed by atoms with Crippen LogP contribution in [-0.2, 0) is 27.2 Å². The largest absolute Gasteiger partial charge is 0.493 e. The zero-order valence-corrected chi connectivity index (χ0v) is 22.8. The molecule has 0 atom stereocenters. The van der Waals surface area contributed by atoms with E-state index in [9.17, 15) is 19.2 Å². The van der Waals surface area contributed by atoms with Gasteiger partial charge in [-0.3, -0.25) is 9.59 Å². The van der Waals surface area contributed by atoms with Gasteiger partial charge in [-0.05, 0) is 62.1 Å². The van der Waals surface area contributed by atoms with Gasteiger partial charge in [0.2, 0.25) is 0 Å². The van der Waals surface area contributed by atoms with Gasteiger partial charge in [-0.25, -0.2) is 15.0 Å². The van der Waals surface area contributed by atoms with Gasteiger partial charge in [0.15, 0.2) is 11.5 Å². The highest BCUT2D eigenvalue weighted by Gasteiger charge is 2.29. The average Bonchev–Trinajstić information content (AvgIpc) is 3.52. The Morgan fingerprint density at radius 2 is 1.74 bits per heavy atom. The second-order valence-electron chi connectivity index (χ2n) is 8.38. The number of ether oxygens (including phenoxy) is 3. The highest BCUT2D eigenvalue weighted by Crippen LogP contribution is 2.39. The Bertz CT molecular complexity index is 1500. The van der Waals surface area contributed by atoms with Crippen molar-refractivity contribution in [1.29, 1.82) is 0 Å². The number of esters is 2. The zero-order chi connectivity index (χ0) is 28.1. The molecule has 2 aromatic carbocycles. The number of rotatable bonds is 7. The van der Waals surface area contributed by atoms with E-state index in [0.29, 0.717) is 23.3 Å². The standard InChI is InChI=1S/C27H24ClN3O7S/c1-14(15-11-12-19(20(13-15)36-2)38-26(34)16-7-4-5-9-18(16)28)30-31-24(33)23(32)29-25-22(27(35)37-3)17-8-6-10-21(17)39-25/h4-5,7,9,11-13H,6,8,10H2,1-3H3,(H,29,32)(H,31,33). The van der Waals surface area contributed by atoms with Crippen LogP contribution in [0, 0.1) is 0 Å². The second kappa shape index (κ2) is 12.1. The predicted molar refractivity (Wildman–Crippen MR) is 146 cm³/mol. The molecule has 0 aliphatic heterocycles. The van der Waals surface area contributed by atoms with Gasteiger partial charge in [0, 0.05) is 10.4 Å². The molecule has 12 heteroatoms. The molecule has 0 radical (unpaired) electrons. The van der Waals surface area contributed by atoms with Gasteiger partial charge in [0.1, 0.15) is 5.00 Å². The van der Waals surface area contributed by atoms with Crippen LogP contribution in [-0.4, -0.2) is 43.7 Å². The Morgan fingerprint density at radius 1 is 0.974 bits per heavy atom. The van der Waals surface area contributed by atoms with E-state index in [1.54, 1.807) is 43.3 Å². The van der Waals surface area contributed by atoms with Crippen LogP contribution in [0.5, 0.6) is 11.5 Å². The first-order valence-electron chi connectivity index (χ1n) is 11.8. The molecule has 0 bridgehead atoms. The quantitative estimate of drug-likeness (QED) is 0.142. The number of thiophene rings is 1. The van der Waals surface area contributed by atoms with Crippen molar-refractivity contribution >= 4 is 57.4 Å². The second-order valence-corrected chi connectivity index (χ2v) is 9.89. The van der Waals surface area contributed by atoms with Gasteiger partial charge < -0.3 is 19.5 Å². The number of aryl methyl sites for hydroxylation is 1. The summed E-state index contributed by atoms with van der Waals surface area (Å²) < 4.78 is 15.6. The summed E-state index contributed by atoms with van der Waals surface area (Å²) in [7, 11) is 2.68. The number of carbonyl (C=O) groups excluding carboxylic acids is 4. The molecule has 1 aromatic heterocycles. The van der Waals surface area contributed by atoms with E-state index in [1.165, 1.54) is 31.6 Å². The van der Waals surface area contributed by atoms with Crippen molar-refractivity contribution in [1.82, 2.24) is 5.43 Å². The molecule has 39 heavy (non-hydrogen) atoms. The fraction of sp³-hybridized carbons (Fsp3) is 0.222. The summed E-state index contributed by atoms with van der Waals surface area (Å²) in [5, 5.41) is 7.02. The van der Waals surface area contributed by atoms with Crippen LogP contribution in [0.4, 0.5) is 5.00 Å². The van der Waals surface area contributed by atoms with E-state index in [0.717, 1.165) is 23.3 Å². The molecule has 0 saturated heterocycles. The Kier molecular flexibility index (Phi) is 8.62. The lowest BCUT2D eigenvalue weighted by Crippen LogP contribution is -2.33. The Hall–Kier alpha value is -4.22. The maximum Gasteiger partial charge on any atom is 0.345 e. The van der Waals surface area contributed by atoms with Crippen LogP contribution in [0.3, 0.4) is 0 Å². The number of hydrazone groups is 1. The lowest BCUT2D eigenvalue weighted by Gasteiger charge is -2.11. The van der Waals surface area contributed by atoms with Crippen LogP contribution in [0.2, 0.25) is 5.02 Å². The number of carbonyl (C=O) groups is 4. The first kappa shape index (κ1) is 27.8. The summed E-state index contributed by atoms with van der Waals surface area (Å²) in [6.07, 6.45) is 2.43. The van der Waals surface area contributed by atoms with Crippen molar-refractivity contribution in [2.24, 2.45) is 5.10 Å². The molecule has 1 aliphatic carbocycles. The van der Waals surface area contributed by atoms with Crippen molar-refractivity contribution < 1.29 is 33.4 Å². The molecule has 1 heterocycles. The molecule has 10 nitrogen and oxygen atoms in total. The summed E-state index contributed by atoms with van der Waals surface area (Å²) in [4.78, 5) is 50.7. The SMILES string of the molecule is COC(=O)c1c(NC(=O)C(=O)NN=C(C)c2ccc(OC(=O)c3ccccc3Cl)c(OC)c2)sc2c1CCC2. The van der Waals surface area contributed by atoms with E-state index in [2.05, 4.69) is 15.8 Å². The molecular weight excluding hydrogens is 546 g/mol. The van der Waals surface area contributed by atoms with Crippen molar-refractivity contribution in [2.75, 3.05) is 19.5 Å². The smallest absolute Gasteiger partial charge is 0.345 e. The van der Waals surface area contributed by atoms with Gasteiger partial charge in [-0.15, -0.1) is 11.3 Å². The summed E-state index contributed by atoms with van der Waals surface area (Å²) in [6, 6.07) is 11.2. The molecule has 0 spiro atoms. The summed E-state index contributed by atoms with van der Waals surface area (Å²) in [5.74, 6) is -2.80. The fourth-order valence-corrected chi connectivity index (χ4v) is 5.46. The van der Waals surface area contributed by atoms with E-state index in [4.69, 9.17) is 25.8 Å². The number of nitrogens with zero attached hydrogens (tertiary/aromatic N) is 1. The van der Waals surface area contributed by atoms with Gasteiger partial charge >= 0.3 is 23.8 Å². The minimum absolute atomic E-state index is 0.159. The van der Waals surface area contributed by atoms with Crippen LogP contribution < -0.4 is 20.2 Å². The number of fused-ring (bicyclic) bond motifs is 1. The summed E-state index contributed by atoms with van der Waals surface area (Å²) >= 11 is 7.33. The number of amides is 2. The van der Waals surface area contributed by atoms with Crippen molar-refractivity contribution in [3.05, 3.63) is 74.6 Å². The van der Waals surface area contributed by atoms with Crippen LogP contribution >= 0.6 is 22.9 Å². The molecule has 4 rings (SSSR count). The van der Waals surface area contributed by atoms with E-state index < -0.39 is 23.8 Å². The van der Waals surface area contributed by atoms with Crippen molar-refractivity contribution in [3.63, 3.8) is 0 Å². The number of hydrogen-bond acceptors (Lipinski definition) is 9. The number of anilines is 1. The third-order valence-electron chi connectivity index (χ3n) is 5.95. The first-order chi connectivity index (χ1) is 18.7. The summed E-state index contributed by atoms with van der Waals surface area (Å²) in [5.41, 5.74) is 4.44. The van der Waals surface area contributed by atoms with Crippen LogP contribution in [0.15, 0.2) is 47.6 Å². The van der Waals surface area contributed by atoms with Crippen LogP contribution in [0.1, 0.15) is 50.1 Å². The van der Waals surface area contributed by atoms with E-state index in [-0.39, 0.29) is 27.1 Å². The number of nitrogens with one attached hydrogen (secondary N) is 2. The summed E-state index contributed by atoms with van der Waals surface area (Å²) in [6.45, 7) is 1.61. The van der Waals surface area contributed by atoms with Crippen LogP contribution in [0.25, 0.3) is 0 Å². The number of methoxy groups -OCH3 is 2. The Labute approximate surface area is 232 Å². The molecule has 2 N–H and O–H groups in total. The van der Waals surface area contributed by atoms with Gasteiger partial charge in [-0.2, -0.15) is 5.10 Å². The molecule has 1 aliphatic rings. The minimum atomic E-state index is -1.02. The van der Waals surface area contributed by atoms with Gasteiger partial charge in [0.05, 0.1) is 36.1 Å². The number of halogens is 1. The highest BCUT2D eigenvalue weighted by molar-refractivity contribution is 7.17. The maximum absolute atomic E-state index is 12.5. The fourth-order valence-electron chi connectivity index (χ4n) is 3.98. The van der Waals surface area contributed by atoms with Crippen molar-refractivity contribution in [2.45, 2.75) is 26.2 Å². The number of hydrogen-bond donors (Lipinski definition) is 2. The Balaban J connectivity index is 1.43. The van der Waals surface area contributed by atoms with Crippen molar-refractivity contribution in [3.8, 4) is 11.5 Å². The van der Waals surface area contributed by atoms with E-state index in [1.807, 2.05) is 0 Å². The Morgan fingerprint density at radius 3 is 2.46 bits per heavy atom. The molecule has 3 aromatic rings. The van der Waals surface area contributed by atoms with E-state index >= 15 is 0 Å². The molecule has 202 valence electrons.